The SMILES string of the molecule is c1ccc(-c2cccc(-c3nc(-c4ccc(-c5c6ccccc6cc6c5ccc5ccccc56)cc4)nc(-c4cccc(-c5ccc6c(c5)oc5ccccc56)c4)n3)c2)cc1. The van der Waals surface area contributed by atoms with Crippen molar-refractivity contribution in [3.63, 3.8) is 0 Å². The number of hydrogen-bond acceptors (Lipinski definition) is 4. The van der Waals surface area contributed by atoms with Crippen LogP contribution in [0.4, 0.5) is 0 Å². The molecule has 0 saturated carbocycles. The van der Waals surface area contributed by atoms with Crippen LogP contribution in [0.2, 0.25) is 0 Å². The lowest BCUT2D eigenvalue weighted by atomic mass is 9.89. The summed E-state index contributed by atoms with van der Waals surface area (Å²) in [7, 11) is 0. The summed E-state index contributed by atoms with van der Waals surface area (Å²) in [4.78, 5) is 15.5. The maximum absolute atomic E-state index is 6.26. The summed E-state index contributed by atoms with van der Waals surface area (Å²) in [5, 5.41) is 9.63. The third-order valence-corrected chi connectivity index (χ3v) is 11.9. The minimum atomic E-state index is 0.604. The van der Waals surface area contributed by atoms with Crippen molar-refractivity contribution in [1.29, 1.82) is 0 Å². The highest BCUT2D eigenvalue weighted by Gasteiger charge is 2.17. The van der Waals surface area contributed by atoms with Gasteiger partial charge in [0.25, 0.3) is 0 Å². The number of hydrogen-bond donors (Lipinski definition) is 0. The Balaban J connectivity index is 0.992. The van der Waals surface area contributed by atoms with Crippen molar-refractivity contribution < 1.29 is 4.42 Å². The molecule has 0 aliphatic rings. The highest BCUT2D eigenvalue weighted by Crippen LogP contribution is 2.40. The van der Waals surface area contributed by atoms with Crippen molar-refractivity contribution in [2.75, 3.05) is 0 Å². The second kappa shape index (κ2) is 14.3. The zero-order valence-corrected chi connectivity index (χ0v) is 33.0. The van der Waals surface area contributed by atoms with Crippen molar-refractivity contribution in [1.82, 2.24) is 15.0 Å². The number of para-hydroxylation sites is 1. The van der Waals surface area contributed by atoms with E-state index in [0.29, 0.717) is 17.5 Å². The summed E-state index contributed by atoms with van der Waals surface area (Å²) < 4.78 is 6.26. The van der Waals surface area contributed by atoms with Gasteiger partial charge in [-0.2, -0.15) is 0 Å². The van der Waals surface area contributed by atoms with Gasteiger partial charge in [0.15, 0.2) is 17.5 Å². The third-order valence-electron chi connectivity index (χ3n) is 11.9. The van der Waals surface area contributed by atoms with Crippen LogP contribution >= 0.6 is 0 Å². The Morgan fingerprint density at radius 2 is 0.754 bits per heavy atom. The quantitative estimate of drug-likeness (QED) is 0.125. The molecule has 61 heavy (non-hydrogen) atoms. The number of rotatable bonds is 6. The summed E-state index contributed by atoms with van der Waals surface area (Å²) in [5.41, 5.74) is 11.2. The molecule has 0 saturated heterocycles. The average molecular weight is 778 g/mol. The molecule has 4 nitrogen and oxygen atoms in total. The van der Waals surface area contributed by atoms with Gasteiger partial charge in [0, 0.05) is 27.5 Å². The molecule has 0 bridgehead atoms. The van der Waals surface area contributed by atoms with Crippen molar-refractivity contribution >= 4 is 54.3 Å². The van der Waals surface area contributed by atoms with Crippen molar-refractivity contribution in [3.8, 4) is 67.5 Å². The summed E-state index contributed by atoms with van der Waals surface area (Å²) in [6.45, 7) is 0. The summed E-state index contributed by atoms with van der Waals surface area (Å²) in [6.07, 6.45) is 0. The van der Waals surface area contributed by atoms with Crippen LogP contribution in [-0.2, 0) is 0 Å². The molecule has 0 aliphatic heterocycles. The maximum Gasteiger partial charge on any atom is 0.164 e. The van der Waals surface area contributed by atoms with E-state index in [2.05, 4.69) is 188 Å². The first kappa shape index (κ1) is 34.8. The third kappa shape index (κ3) is 6.12. The van der Waals surface area contributed by atoms with E-state index in [1.54, 1.807) is 0 Å². The Morgan fingerprint density at radius 3 is 1.51 bits per heavy atom. The molecule has 2 heterocycles. The molecule has 0 amide bonds. The fraction of sp³-hybridized carbons (Fsp3) is 0. The van der Waals surface area contributed by atoms with E-state index in [0.717, 1.165) is 66.4 Å². The van der Waals surface area contributed by atoms with Crippen molar-refractivity contribution in [2.24, 2.45) is 0 Å². The standard InChI is InChI=1S/C57H35N3O/c1-2-12-36(13-3-1)40-16-10-18-44(32-40)56-58-55(59-57(60-56)45-19-11-17-41(33-45)42-29-30-49-48-22-8-9-23-52(48)61-53(49)35-42)39-26-24-38(25-27-39)54-47-21-7-5-15-43(47)34-51-46-20-6-4-14-37(46)28-31-50(51)54/h1-35H. The zero-order chi connectivity index (χ0) is 40.3. The number of benzene rings is 10. The van der Waals surface area contributed by atoms with Gasteiger partial charge in [-0.15, -0.1) is 0 Å². The highest BCUT2D eigenvalue weighted by molar-refractivity contribution is 6.20. The zero-order valence-electron chi connectivity index (χ0n) is 33.0. The minimum absolute atomic E-state index is 0.604. The monoisotopic (exact) mass is 777 g/mol. The smallest absolute Gasteiger partial charge is 0.164 e. The topological polar surface area (TPSA) is 51.8 Å². The van der Waals surface area contributed by atoms with Crippen LogP contribution in [-0.4, -0.2) is 15.0 Å². The lowest BCUT2D eigenvalue weighted by molar-refractivity contribution is 0.669. The van der Waals surface area contributed by atoms with E-state index in [1.807, 2.05) is 24.3 Å². The second-order valence-corrected chi connectivity index (χ2v) is 15.6. The average Bonchev–Trinajstić information content (AvgIpc) is 3.71. The molecule has 0 aliphatic carbocycles. The van der Waals surface area contributed by atoms with Crippen LogP contribution < -0.4 is 0 Å². The first-order valence-electron chi connectivity index (χ1n) is 20.6. The predicted molar refractivity (Wildman–Crippen MR) is 252 cm³/mol. The number of nitrogens with zero attached hydrogens (tertiary/aromatic N) is 3. The summed E-state index contributed by atoms with van der Waals surface area (Å²) in [5.74, 6) is 1.83. The van der Waals surface area contributed by atoms with Gasteiger partial charge in [-0.3, -0.25) is 0 Å². The van der Waals surface area contributed by atoms with E-state index in [-0.39, 0.29) is 0 Å². The van der Waals surface area contributed by atoms with Crippen molar-refractivity contribution in [3.05, 3.63) is 212 Å². The molecule has 10 aromatic carbocycles. The molecule has 284 valence electrons. The molecule has 0 atom stereocenters. The molecule has 0 radical (unpaired) electrons. The molecule has 0 spiro atoms. The van der Waals surface area contributed by atoms with Crippen LogP contribution in [0.1, 0.15) is 0 Å². The molecular weight excluding hydrogens is 743 g/mol. The first-order chi connectivity index (χ1) is 30.2. The normalized spacial score (nSPS) is 11.6. The Labute approximate surface area is 352 Å². The van der Waals surface area contributed by atoms with Gasteiger partial charge in [0.1, 0.15) is 11.2 Å². The van der Waals surface area contributed by atoms with Gasteiger partial charge in [0.2, 0.25) is 0 Å². The summed E-state index contributed by atoms with van der Waals surface area (Å²) >= 11 is 0. The minimum Gasteiger partial charge on any atom is -0.456 e. The largest absolute Gasteiger partial charge is 0.456 e. The number of fused-ring (bicyclic) bond motifs is 7. The van der Waals surface area contributed by atoms with Crippen LogP contribution in [0, 0.1) is 0 Å². The van der Waals surface area contributed by atoms with Crippen LogP contribution in [0.5, 0.6) is 0 Å². The molecule has 12 aromatic rings. The molecule has 12 rings (SSSR count). The van der Waals surface area contributed by atoms with Crippen LogP contribution in [0.3, 0.4) is 0 Å². The second-order valence-electron chi connectivity index (χ2n) is 15.6. The Bertz CT molecular complexity index is 3650. The van der Waals surface area contributed by atoms with Gasteiger partial charge < -0.3 is 4.42 Å². The maximum atomic E-state index is 6.26. The van der Waals surface area contributed by atoms with E-state index in [9.17, 15) is 0 Å². The Morgan fingerprint density at radius 1 is 0.246 bits per heavy atom. The van der Waals surface area contributed by atoms with Gasteiger partial charge in [-0.25, -0.2) is 15.0 Å². The van der Waals surface area contributed by atoms with Gasteiger partial charge in [-0.1, -0.05) is 176 Å². The number of aromatic nitrogens is 3. The van der Waals surface area contributed by atoms with E-state index >= 15 is 0 Å². The molecule has 4 heteroatoms. The van der Waals surface area contributed by atoms with Crippen LogP contribution in [0.15, 0.2) is 217 Å². The lowest BCUT2D eigenvalue weighted by Crippen LogP contribution is -2.00. The van der Waals surface area contributed by atoms with Gasteiger partial charge in [0.05, 0.1) is 0 Å². The number of furan rings is 1. The Kier molecular flexibility index (Phi) is 8.13. The van der Waals surface area contributed by atoms with E-state index in [1.165, 1.54) is 37.9 Å². The van der Waals surface area contributed by atoms with E-state index < -0.39 is 0 Å². The fourth-order valence-electron chi connectivity index (χ4n) is 8.89. The molecular formula is C57H35N3O. The van der Waals surface area contributed by atoms with Gasteiger partial charge >= 0.3 is 0 Å². The first-order valence-corrected chi connectivity index (χ1v) is 20.6. The highest BCUT2D eigenvalue weighted by atomic mass is 16.3. The predicted octanol–water partition coefficient (Wildman–Crippen LogP) is 15.2. The van der Waals surface area contributed by atoms with E-state index in [4.69, 9.17) is 19.4 Å². The van der Waals surface area contributed by atoms with Crippen LogP contribution in [0.25, 0.3) is 122 Å². The molecule has 0 N–H and O–H groups in total. The van der Waals surface area contributed by atoms with Gasteiger partial charge in [-0.05, 0) is 102 Å². The summed E-state index contributed by atoms with van der Waals surface area (Å²) in [6, 6.07) is 74.7. The van der Waals surface area contributed by atoms with Crippen molar-refractivity contribution in [2.45, 2.75) is 0 Å². The lowest BCUT2D eigenvalue weighted by Gasteiger charge is -2.15. The molecule has 0 unspecified atom stereocenters. The molecule has 0 fully saturated rings. The Hall–Kier alpha value is -8.21. The molecule has 2 aromatic heterocycles. The fourth-order valence-corrected chi connectivity index (χ4v) is 8.89.